The number of halogens is 1. The number of hydrogen-bond acceptors (Lipinski definition) is 5. The number of anilines is 1. The normalized spacial score (nSPS) is 23.9. The molecule has 1 aliphatic carbocycles. The number of carbonyl (C=O) groups is 4. The van der Waals surface area contributed by atoms with Crippen molar-refractivity contribution in [3.05, 3.63) is 99.6 Å². The highest BCUT2D eigenvalue weighted by molar-refractivity contribution is 6.37. The van der Waals surface area contributed by atoms with Crippen molar-refractivity contribution in [1.29, 1.82) is 0 Å². The molecule has 186 valence electrons. The minimum atomic E-state index is -2.09. The van der Waals surface area contributed by atoms with Crippen molar-refractivity contribution in [2.45, 2.75) is 38.4 Å². The largest absolute Gasteiger partial charge is 0.349 e. The van der Waals surface area contributed by atoms with Gasteiger partial charge in [-0.1, -0.05) is 80.0 Å². The standard InChI is InChI=1S/C30H24ClNO5/c1-15(2)17-9-11-18(12-10-17)25-23-24(29(36)32(28(23)35)19-13-8-16(3)22(31)14-19)30(37-25)26(33)20-6-4-5-7-21(20)27(30)34/h4-15,23-25H,1-3H3/t23-,24+,25-/m0/s1. The van der Waals surface area contributed by atoms with Crippen LogP contribution in [-0.2, 0) is 14.3 Å². The van der Waals surface area contributed by atoms with E-state index in [9.17, 15) is 19.2 Å². The summed E-state index contributed by atoms with van der Waals surface area (Å²) in [4.78, 5) is 56.7. The number of imide groups is 1. The summed E-state index contributed by atoms with van der Waals surface area (Å²) in [7, 11) is 0. The smallest absolute Gasteiger partial charge is 0.241 e. The van der Waals surface area contributed by atoms with Gasteiger partial charge in [-0.2, -0.15) is 0 Å². The molecule has 6 rings (SSSR count). The Labute approximate surface area is 219 Å². The summed E-state index contributed by atoms with van der Waals surface area (Å²) < 4.78 is 6.34. The molecule has 0 unspecified atom stereocenters. The molecule has 2 saturated heterocycles. The molecular formula is C30H24ClNO5. The highest BCUT2D eigenvalue weighted by Crippen LogP contribution is 2.57. The van der Waals surface area contributed by atoms with Crippen LogP contribution in [0, 0.1) is 18.8 Å². The van der Waals surface area contributed by atoms with Crippen LogP contribution in [0.3, 0.4) is 0 Å². The van der Waals surface area contributed by atoms with Crippen LogP contribution in [0.1, 0.15) is 63.3 Å². The third kappa shape index (κ3) is 3.15. The lowest BCUT2D eigenvalue weighted by molar-refractivity contribution is -0.127. The van der Waals surface area contributed by atoms with Crippen LogP contribution >= 0.6 is 11.6 Å². The second kappa shape index (κ2) is 8.20. The van der Waals surface area contributed by atoms with Crippen LogP contribution in [0.4, 0.5) is 5.69 Å². The Kier molecular flexibility index (Phi) is 5.27. The van der Waals surface area contributed by atoms with Crippen LogP contribution in [0.5, 0.6) is 0 Å². The van der Waals surface area contributed by atoms with Gasteiger partial charge in [0.2, 0.25) is 29.0 Å². The first-order valence-electron chi connectivity index (χ1n) is 12.3. The molecule has 37 heavy (non-hydrogen) atoms. The van der Waals surface area contributed by atoms with Crippen molar-refractivity contribution in [1.82, 2.24) is 0 Å². The van der Waals surface area contributed by atoms with Gasteiger partial charge in [-0.3, -0.25) is 19.2 Å². The average Bonchev–Trinajstić information content (AvgIpc) is 3.46. The lowest BCUT2D eigenvalue weighted by Crippen LogP contribution is -2.51. The molecular weight excluding hydrogens is 490 g/mol. The Morgan fingerprint density at radius 3 is 2.05 bits per heavy atom. The van der Waals surface area contributed by atoms with Crippen LogP contribution in [-0.4, -0.2) is 29.0 Å². The molecule has 0 radical (unpaired) electrons. The Balaban J connectivity index is 1.52. The molecule has 3 aromatic rings. The van der Waals surface area contributed by atoms with Crippen molar-refractivity contribution in [2.24, 2.45) is 11.8 Å². The lowest BCUT2D eigenvalue weighted by atomic mass is 9.77. The van der Waals surface area contributed by atoms with Crippen LogP contribution in [0.2, 0.25) is 5.02 Å². The third-order valence-electron chi connectivity index (χ3n) is 7.86. The molecule has 1 spiro atoms. The Hall–Kier alpha value is -3.61. The van der Waals surface area contributed by atoms with Gasteiger partial charge in [0, 0.05) is 16.1 Å². The van der Waals surface area contributed by atoms with E-state index in [-0.39, 0.29) is 11.1 Å². The average molecular weight is 514 g/mol. The summed E-state index contributed by atoms with van der Waals surface area (Å²) >= 11 is 6.32. The topological polar surface area (TPSA) is 80.8 Å². The van der Waals surface area contributed by atoms with Gasteiger partial charge in [0.05, 0.1) is 23.6 Å². The van der Waals surface area contributed by atoms with Crippen LogP contribution in [0.15, 0.2) is 66.7 Å². The molecule has 0 aromatic heterocycles. The monoisotopic (exact) mass is 513 g/mol. The number of aryl methyl sites for hydroxylation is 1. The zero-order valence-corrected chi connectivity index (χ0v) is 21.3. The number of hydrogen-bond donors (Lipinski definition) is 0. The van der Waals surface area contributed by atoms with Crippen molar-refractivity contribution in [2.75, 3.05) is 4.90 Å². The summed E-state index contributed by atoms with van der Waals surface area (Å²) in [5.74, 6) is -4.33. The maximum atomic E-state index is 14.0. The number of amides is 2. The van der Waals surface area contributed by atoms with Crippen LogP contribution in [0.25, 0.3) is 0 Å². The first kappa shape index (κ1) is 23.8. The van der Waals surface area contributed by atoms with E-state index < -0.39 is 46.9 Å². The summed E-state index contributed by atoms with van der Waals surface area (Å²) in [5.41, 5.74) is 1.16. The van der Waals surface area contributed by atoms with Gasteiger partial charge < -0.3 is 4.74 Å². The number of nitrogens with zero attached hydrogens (tertiary/aromatic N) is 1. The summed E-state index contributed by atoms with van der Waals surface area (Å²) in [6.45, 7) is 5.97. The Morgan fingerprint density at radius 2 is 1.49 bits per heavy atom. The zero-order valence-electron chi connectivity index (χ0n) is 20.5. The molecule has 2 heterocycles. The van der Waals surface area contributed by atoms with Gasteiger partial charge in [0.1, 0.15) is 0 Å². The van der Waals surface area contributed by atoms with Crippen LogP contribution < -0.4 is 4.90 Å². The molecule has 7 heteroatoms. The molecule has 0 bridgehead atoms. The Morgan fingerprint density at radius 1 is 0.865 bits per heavy atom. The number of rotatable bonds is 3. The molecule has 3 aromatic carbocycles. The van der Waals surface area contributed by atoms with Crippen molar-refractivity contribution < 1.29 is 23.9 Å². The number of benzene rings is 3. The second-order valence-corrected chi connectivity index (χ2v) is 10.7. The van der Waals surface area contributed by atoms with Crippen molar-refractivity contribution in [3.8, 4) is 0 Å². The number of ketones is 2. The van der Waals surface area contributed by atoms with Gasteiger partial charge in [-0.15, -0.1) is 0 Å². The maximum absolute atomic E-state index is 14.0. The zero-order chi connectivity index (χ0) is 26.2. The molecule has 0 saturated carbocycles. The van der Waals surface area contributed by atoms with Gasteiger partial charge in [0.25, 0.3) is 0 Å². The number of Topliss-reactive ketones (excluding diaryl/α,β-unsaturated/α-hetero) is 2. The predicted molar refractivity (Wildman–Crippen MR) is 138 cm³/mol. The molecule has 2 fully saturated rings. The van der Waals surface area contributed by atoms with E-state index >= 15 is 0 Å². The van der Waals surface area contributed by atoms with Gasteiger partial charge >= 0.3 is 0 Å². The van der Waals surface area contributed by atoms with E-state index in [0.717, 1.165) is 16.0 Å². The quantitative estimate of drug-likeness (QED) is 0.343. The van der Waals surface area contributed by atoms with Gasteiger partial charge in [-0.05, 0) is 41.7 Å². The SMILES string of the molecule is Cc1ccc(N2C(=O)[C@@H]3[C@H](c4ccc(C(C)C)cc4)OC4(C(=O)c5ccccc5C4=O)[C@H]3C2=O)cc1Cl. The molecule has 6 nitrogen and oxygen atoms in total. The maximum Gasteiger partial charge on any atom is 0.241 e. The summed E-state index contributed by atoms with van der Waals surface area (Å²) in [6.07, 6.45) is -0.948. The van der Waals surface area contributed by atoms with E-state index in [1.165, 1.54) is 0 Å². The lowest BCUT2D eigenvalue weighted by Gasteiger charge is -2.27. The number of carbonyl (C=O) groups excluding carboxylic acids is 4. The highest BCUT2D eigenvalue weighted by Gasteiger charge is 2.74. The second-order valence-electron chi connectivity index (χ2n) is 10.2. The third-order valence-corrected chi connectivity index (χ3v) is 8.27. The first-order valence-corrected chi connectivity index (χ1v) is 12.6. The van der Waals surface area contributed by atoms with Gasteiger partial charge in [-0.25, -0.2) is 4.90 Å². The summed E-state index contributed by atoms with van der Waals surface area (Å²) in [6, 6.07) is 18.9. The highest BCUT2D eigenvalue weighted by atomic mass is 35.5. The number of fused-ring (bicyclic) bond motifs is 3. The fraction of sp³-hybridized carbons (Fsp3) is 0.267. The molecule has 2 amide bonds. The molecule has 3 aliphatic rings. The minimum absolute atomic E-state index is 0.208. The Bertz CT molecular complexity index is 1470. The van der Waals surface area contributed by atoms with E-state index in [1.807, 2.05) is 31.2 Å². The van der Waals surface area contributed by atoms with E-state index in [4.69, 9.17) is 16.3 Å². The number of ether oxygens (including phenoxy) is 1. The molecule has 0 N–H and O–H groups in total. The molecule has 2 aliphatic heterocycles. The predicted octanol–water partition coefficient (Wildman–Crippen LogP) is 5.47. The van der Waals surface area contributed by atoms with E-state index in [1.54, 1.807) is 42.5 Å². The van der Waals surface area contributed by atoms with E-state index in [2.05, 4.69) is 13.8 Å². The molecule has 3 atom stereocenters. The van der Waals surface area contributed by atoms with E-state index in [0.29, 0.717) is 22.2 Å². The first-order chi connectivity index (χ1) is 17.7. The van der Waals surface area contributed by atoms with Gasteiger partial charge in [0.15, 0.2) is 0 Å². The fourth-order valence-electron chi connectivity index (χ4n) is 5.86. The fourth-order valence-corrected chi connectivity index (χ4v) is 6.04. The minimum Gasteiger partial charge on any atom is -0.349 e. The summed E-state index contributed by atoms with van der Waals surface area (Å²) in [5, 5.41) is 0.405. The van der Waals surface area contributed by atoms with Crippen molar-refractivity contribution >= 4 is 40.7 Å². The van der Waals surface area contributed by atoms with Crippen molar-refractivity contribution in [3.63, 3.8) is 0 Å².